The number of nitrogens with zero attached hydrogens (tertiary/aromatic N) is 2. The zero-order valence-corrected chi connectivity index (χ0v) is 20.0. The van der Waals surface area contributed by atoms with Crippen molar-refractivity contribution in [3.63, 3.8) is 0 Å². The molecule has 1 aromatic heterocycles. The van der Waals surface area contributed by atoms with Gasteiger partial charge in [-0.15, -0.1) is 0 Å². The van der Waals surface area contributed by atoms with Crippen molar-refractivity contribution in [3.05, 3.63) is 77.5 Å². The lowest BCUT2D eigenvalue weighted by Gasteiger charge is -2.24. The number of amides is 3. The maximum Gasteiger partial charge on any atom is 0.335 e. The van der Waals surface area contributed by atoms with Gasteiger partial charge in [-0.25, -0.2) is 14.6 Å². The number of carbonyl (C=O) groups is 3. The van der Waals surface area contributed by atoms with E-state index in [2.05, 4.69) is 28.6 Å². The molecule has 2 aliphatic rings. The number of nitrogens with one attached hydrogen (secondary N) is 2. The van der Waals surface area contributed by atoms with Crippen LogP contribution in [0.4, 0.5) is 16.3 Å². The quantitative estimate of drug-likeness (QED) is 0.441. The molecule has 1 saturated heterocycles. The molecule has 2 heterocycles. The molecule has 0 unspecified atom stereocenters. The van der Waals surface area contributed by atoms with Gasteiger partial charge in [0, 0.05) is 24.0 Å². The largest absolute Gasteiger partial charge is 0.478 e. The standard InChI is InChI=1S/C28H28N4O4/c1-17-15-22(11-12-23(17)19-6-7-19)30-28(36)32-14-2-3-24(32)26(33)31-25-13-10-21(16-29-25)18-4-8-20(9-5-18)27(34)35/h4-5,8-13,15-16,19,24H,2-3,6-7,14H2,1H3,(H,30,36)(H,34,35)(H,29,31,33)/t24-/m1/s1. The summed E-state index contributed by atoms with van der Waals surface area (Å²) in [6.45, 7) is 2.58. The zero-order valence-electron chi connectivity index (χ0n) is 20.0. The number of aryl methyl sites for hydroxylation is 1. The highest BCUT2D eigenvalue weighted by Gasteiger charge is 2.34. The van der Waals surface area contributed by atoms with Crippen LogP contribution in [-0.2, 0) is 4.79 Å². The summed E-state index contributed by atoms with van der Waals surface area (Å²) < 4.78 is 0. The summed E-state index contributed by atoms with van der Waals surface area (Å²) in [5, 5.41) is 14.8. The van der Waals surface area contributed by atoms with E-state index >= 15 is 0 Å². The van der Waals surface area contributed by atoms with Crippen molar-refractivity contribution in [1.29, 1.82) is 0 Å². The van der Waals surface area contributed by atoms with Crippen LogP contribution in [-0.4, -0.2) is 45.5 Å². The van der Waals surface area contributed by atoms with Crippen LogP contribution in [0.2, 0.25) is 0 Å². The molecule has 3 amide bonds. The predicted octanol–water partition coefficient (Wildman–Crippen LogP) is 5.27. The second-order valence-corrected chi connectivity index (χ2v) is 9.43. The van der Waals surface area contributed by atoms with Gasteiger partial charge in [0.05, 0.1) is 5.56 Å². The topological polar surface area (TPSA) is 112 Å². The number of carbonyl (C=O) groups excluding carboxylic acids is 2. The summed E-state index contributed by atoms with van der Waals surface area (Å²) in [4.78, 5) is 42.9. The van der Waals surface area contributed by atoms with E-state index < -0.39 is 12.0 Å². The normalized spacial score (nSPS) is 17.0. The van der Waals surface area contributed by atoms with Gasteiger partial charge in [-0.2, -0.15) is 0 Å². The molecular formula is C28H28N4O4. The Labute approximate surface area is 209 Å². The second-order valence-electron chi connectivity index (χ2n) is 9.43. The molecule has 184 valence electrons. The van der Waals surface area contributed by atoms with Crippen molar-refractivity contribution >= 4 is 29.4 Å². The van der Waals surface area contributed by atoms with E-state index in [1.165, 1.54) is 36.1 Å². The van der Waals surface area contributed by atoms with E-state index in [-0.39, 0.29) is 17.5 Å². The number of carboxylic acids is 1. The van der Waals surface area contributed by atoms with Crippen LogP contribution in [0.5, 0.6) is 0 Å². The third-order valence-corrected chi connectivity index (χ3v) is 6.83. The third kappa shape index (κ3) is 5.07. The van der Waals surface area contributed by atoms with E-state index in [4.69, 9.17) is 5.11 Å². The average molecular weight is 485 g/mol. The number of anilines is 2. The summed E-state index contributed by atoms with van der Waals surface area (Å²) in [7, 11) is 0. The van der Waals surface area contributed by atoms with Crippen LogP contribution in [0, 0.1) is 6.92 Å². The van der Waals surface area contributed by atoms with Gasteiger partial charge < -0.3 is 20.6 Å². The molecule has 8 nitrogen and oxygen atoms in total. The molecule has 1 aliphatic carbocycles. The molecule has 0 radical (unpaired) electrons. The molecule has 36 heavy (non-hydrogen) atoms. The van der Waals surface area contributed by atoms with Crippen molar-refractivity contribution in [2.45, 2.75) is 44.6 Å². The Morgan fingerprint density at radius 2 is 1.69 bits per heavy atom. The Kier molecular flexibility index (Phi) is 6.41. The van der Waals surface area contributed by atoms with Crippen LogP contribution in [0.15, 0.2) is 60.8 Å². The lowest BCUT2D eigenvalue weighted by molar-refractivity contribution is -0.119. The lowest BCUT2D eigenvalue weighted by Crippen LogP contribution is -2.45. The maximum atomic E-state index is 13.0. The summed E-state index contributed by atoms with van der Waals surface area (Å²) in [6, 6.07) is 15.2. The average Bonchev–Trinajstić information content (AvgIpc) is 3.58. The number of urea groups is 1. The van der Waals surface area contributed by atoms with Crippen LogP contribution in [0.1, 0.15) is 53.1 Å². The van der Waals surface area contributed by atoms with Gasteiger partial charge in [-0.05, 0) is 91.6 Å². The summed E-state index contributed by atoms with van der Waals surface area (Å²) in [5.74, 6) is -0.200. The first-order valence-corrected chi connectivity index (χ1v) is 12.2. The summed E-state index contributed by atoms with van der Waals surface area (Å²) in [5.41, 5.74) is 5.10. The SMILES string of the molecule is Cc1cc(NC(=O)N2CCC[C@@H]2C(=O)Nc2ccc(-c3ccc(C(=O)O)cc3)cn2)ccc1C1CC1. The highest BCUT2D eigenvalue weighted by molar-refractivity contribution is 5.99. The van der Waals surface area contributed by atoms with Gasteiger partial charge in [0.15, 0.2) is 0 Å². The van der Waals surface area contributed by atoms with Crippen molar-refractivity contribution in [2.75, 3.05) is 17.2 Å². The molecule has 2 aromatic carbocycles. The van der Waals surface area contributed by atoms with Crippen molar-refractivity contribution in [1.82, 2.24) is 9.88 Å². The van der Waals surface area contributed by atoms with Crippen LogP contribution >= 0.6 is 0 Å². The van der Waals surface area contributed by atoms with Crippen molar-refractivity contribution < 1.29 is 19.5 Å². The summed E-state index contributed by atoms with van der Waals surface area (Å²) >= 11 is 0. The van der Waals surface area contributed by atoms with Gasteiger partial charge in [0.2, 0.25) is 5.91 Å². The molecular weight excluding hydrogens is 456 g/mol. The lowest BCUT2D eigenvalue weighted by atomic mass is 10.0. The fourth-order valence-electron chi connectivity index (χ4n) is 4.74. The molecule has 8 heteroatoms. The van der Waals surface area contributed by atoms with E-state index in [0.29, 0.717) is 24.7 Å². The van der Waals surface area contributed by atoms with Crippen molar-refractivity contribution in [2.24, 2.45) is 0 Å². The minimum atomic E-state index is -0.978. The van der Waals surface area contributed by atoms with Gasteiger partial charge in [-0.1, -0.05) is 18.2 Å². The molecule has 3 N–H and O–H groups in total. The molecule has 3 aromatic rings. The minimum absolute atomic E-state index is 0.214. The van der Waals surface area contributed by atoms with Crippen LogP contribution in [0.25, 0.3) is 11.1 Å². The maximum absolute atomic E-state index is 13.0. The Morgan fingerprint density at radius 3 is 2.33 bits per heavy atom. The van der Waals surface area contributed by atoms with Crippen LogP contribution in [0.3, 0.4) is 0 Å². The molecule has 2 fully saturated rings. The van der Waals surface area contributed by atoms with Crippen LogP contribution < -0.4 is 10.6 Å². The van der Waals surface area contributed by atoms with Gasteiger partial charge in [0.25, 0.3) is 0 Å². The first-order valence-electron chi connectivity index (χ1n) is 12.2. The van der Waals surface area contributed by atoms with E-state index in [9.17, 15) is 14.4 Å². The van der Waals surface area contributed by atoms with E-state index in [0.717, 1.165) is 23.2 Å². The zero-order chi connectivity index (χ0) is 25.2. The highest BCUT2D eigenvalue weighted by atomic mass is 16.4. The number of aromatic nitrogens is 1. The highest BCUT2D eigenvalue weighted by Crippen LogP contribution is 2.42. The van der Waals surface area contributed by atoms with Gasteiger partial charge in [-0.3, -0.25) is 4.79 Å². The molecule has 5 rings (SSSR count). The number of carboxylic acid groups (broad SMARTS) is 1. The number of pyridine rings is 1. The number of hydrogen-bond donors (Lipinski definition) is 3. The predicted molar refractivity (Wildman–Crippen MR) is 137 cm³/mol. The monoisotopic (exact) mass is 484 g/mol. The Morgan fingerprint density at radius 1 is 0.944 bits per heavy atom. The molecule has 0 bridgehead atoms. The van der Waals surface area contributed by atoms with Gasteiger partial charge >= 0.3 is 12.0 Å². The smallest absolute Gasteiger partial charge is 0.335 e. The minimum Gasteiger partial charge on any atom is -0.478 e. The Balaban J connectivity index is 1.21. The fourth-order valence-corrected chi connectivity index (χ4v) is 4.74. The second kappa shape index (κ2) is 9.81. The number of aromatic carboxylic acids is 1. The van der Waals surface area contributed by atoms with E-state index in [1.54, 1.807) is 29.3 Å². The van der Waals surface area contributed by atoms with Gasteiger partial charge in [0.1, 0.15) is 11.9 Å². The number of benzene rings is 2. The Bertz CT molecular complexity index is 1300. The number of likely N-dealkylation sites (tertiary alicyclic amines) is 1. The molecule has 1 aliphatic heterocycles. The first-order chi connectivity index (χ1) is 17.4. The summed E-state index contributed by atoms with van der Waals surface area (Å²) in [6.07, 6.45) is 5.43. The molecule has 1 saturated carbocycles. The first kappa shape index (κ1) is 23.5. The fraction of sp³-hybridized carbons (Fsp3) is 0.286. The number of hydrogen-bond acceptors (Lipinski definition) is 4. The molecule has 1 atom stereocenters. The Hall–Kier alpha value is -4.20. The molecule has 0 spiro atoms. The van der Waals surface area contributed by atoms with Crippen molar-refractivity contribution in [3.8, 4) is 11.1 Å². The number of rotatable bonds is 6. The van der Waals surface area contributed by atoms with E-state index in [1.807, 2.05) is 18.2 Å². The third-order valence-electron chi connectivity index (χ3n) is 6.83.